The zero-order chi connectivity index (χ0) is 18.0. The number of thiazole rings is 1. The molecule has 2 rings (SSSR count). The van der Waals surface area contributed by atoms with E-state index in [1.54, 1.807) is 20.8 Å². The van der Waals surface area contributed by atoms with Crippen molar-refractivity contribution in [3.63, 3.8) is 0 Å². The number of benzene rings is 1. The van der Waals surface area contributed by atoms with Crippen molar-refractivity contribution < 1.29 is 18.0 Å². The summed E-state index contributed by atoms with van der Waals surface area (Å²) in [4.78, 5) is 17.8. The molecule has 1 aromatic carbocycles. The molecular weight excluding hydrogens is 337 g/mol. The Kier molecular flexibility index (Phi) is 5.32. The Morgan fingerprint density at radius 1 is 1.12 bits per heavy atom. The molecule has 130 valence electrons. The molecule has 0 radical (unpaired) electrons. The first-order chi connectivity index (χ1) is 11.1. The Labute approximate surface area is 143 Å². The van der Waals surface area contributed by atoms with Crippen LogP contribution in [0.1, 0.15) is 30.4 Å². The Hall–Kier alpha value is -1.89. The first kappa shape index (κ1) is 18.4. The molecule has 0 aliphatic carbocycles. The number of alkyl halides is 3. The Morgan fingerprint density at radius 3 is 2.29 bits per heavy atom. The van der Waals surface area contributed by atoms with E-state index in [9.17, 15) is 18.0 Å². The van der Waals surface area contributed by atoms with Crippen LogP contribution >= 0.6 is 11.3 Å². The summed E-state index contributed by atoms with van der Waals surface area (Å²) in [5.74, 6) is -0.637. The van der Waals surface area contributed by atoms with E-state index in [2.05, 4.69) is 4.98 Å². The van der Waals surface area contributed by atoms with Crippen LogP contribution in [0, 0.1) is 5.41 Å². The molecule has 0 aliphatic rings. The van der Waals surface area contributed by atoms with Crippen LogP contribution in [0.2, 0.25) is 0 Å². The first-order valence-electron chi connectivity index (χ1n) is 7.42. The molecule has 0 N–H and O–H groups in total. The average Bonchev–Trinajstić information content (AvgIpc) is 2.93. The van der Waals surface area contributed by atoms with Gasteiger partial charge in [-0.1, -0.05) is 51.1 Å². The van der Waals surface area contributed by atoms with Crippen molar-refractivity contribution in [3.05, 3.63) is 41.4 Å². The number of nitrogens with zero attached hydrogens (tertiary/aromatic N) is 2. The fourth-order valence-electron chi connectivity index (χ4n) is 2.23. The van der Waals surface area contributed by atoms with Gasteiger partial charge < -0.3 is 4.90 Å². The third-order valence-corrected chi connectivity index (χ3v) is 4.09. The SMILES string of the molecule is CC(C)(C)CN(CC(F)(F)F)C(=O)c1cnc(-c2ccccc2)s1. The smallest absolute Gasteiger partial charge is 0.328 e. The lowest BCUT2D eigenvalue weighted by Gasteiger charge is -2.30. The van der Waals surface area contributed by atoms with Crippen molar-refractivity contribution in [1.82, 2.24) is 9.88 Å². The van der Waals surface area contributed by atoms with Crippen molar-refractivity contribution in [3.8, 4) is 10.6 Å². The first-order valence-corrected chi connectivity index (χ1v) is 8.24. The number of hydrogen-bond donors (Lipinski definition) is 0. The van der Waals surface area contributed by atoms with Gasteiger partial charge in [-0.05, 0) is 5.41 Å². The molecule has 0 saturated carbocycles. The number of hydrogen-bond acceptors (Lipinski definition) is 3. The molecule has 7 heteroatoms. The number of carbonyl (C=O) groups is 1. The van der Waals surface area contributed by atoms with Crippen LogP contribution in [0.15, 0.2) is 36.5 Å². The van der Waals surface area contributed by atoms with Gasteiger partial charge in [0.2, 0.25) is 0 Å². The topological polar surface area (TPSA) is 33.2 Å². The molecule has 24 heavy (non-hydrogen) atoms. The fraction of sp³-hybridized carbons (Fsp3) is 0.412. The fourth-order valence-corrected chi connectivity index (χ4v) is 3.12. The summed E-state index contributed by atoms with van der Waals surface area (Å²) >= 11 is 1.10. The monoisotopic (exact) mass is 356 g/mol. The zero-order valence-corrected chi connectivity index (χ0v) is 14.5. The standard InChI is InChI=1S/C17H19F3N2OS/c1-16(2,3)10-22(11-17(18,19)20)15(23)13-9-21-14(24-13)12-7-5-4-6-8-12/h4-9H,10-11H2,1-3H3. The number of rotatable bonds is 4. The summed E-state index contributed by atoms with van der Waals surface area (Å²) in [6, 6.07) is 9.23. The number of amides is 1. The highest BCUT2D eigenvalue weighted by molar-refractivity contribution is 7.16. The largest absolute Gasteiger partial charge is 0.406 e. The molecule has 0 saturated heterocycles. The van der Waals surface area contributed by atoms with E-state index in [0.717, 1.165) is 21.8 Å². The van der Waals surface area contributed by atoms with Gasteiger partial charge >= 0.3 is 6.18 Å². The maximum atomic E-state index is 12.8. The van der Waals surface area contributed by atoms with Gasteiger partial charge in [0.15, 0.2) is 0 Å². The predicted molar refractivity (Wildman–Crippen MR) is 89.0 cm³/mol. The highest BCUT2D eigenvalue weighted by atomic mass is 32.1. The maximum Gasteiger partial charge on any atom is 0.406 e. The molecule has 3 nitrogen and oxygen atoms in total. The van der Waals surface area contributed by atoms with Gasteiger partial charge in [0.1, 0.15) is 16.4 Å². The Bertz CT molecular complexity index is 674. The number of aromatic nitrogens is 1. The minimum absolute atomic E-state index is 0.0178. The summed E-state index contributed by atoms with van der Waals surface area (Å²) in [5, 5.41) is 0.613. The van der Waals surface area contributed by atoms with Gasteiger partial charge in [-0.25, -0.2) is 4.98 Å². The van der Waals surface area contributed by atoms with Crippen LogP contribution in [0.25, 0.3) is 10.6 Å². The molecule has 0 atom stereocenters. The van der Waals surface area contributed by atoms with E-state index < -0.39 is 24.0 Å². The van der Waals surface area contributed by atoms with E-state index in [4.69, 9.17) is 0 Å². The lowest BCUT2D eigenvalue weighted by atomic mass is 9.96. The minimum Gasteiger partial charge on any atom is -0.328 e. The molecular formula is C17H19F3N2OS. The lowest BCUT2D eigenvalue weighted by molar-refractivity contribution is -0.142. The Balaban J connectivity index is 2.24. The van der Waals surface area contributed by atoms with Gasteiger partial charge in [-0.3, -0.25) is 4.79 Å². The van der Waals surface area contributed by atoms with Gasteiger partial charge in [0.05, 0.1) is 6.20 Å². The summed E-state index contributed by atoms with van der Waals surface area (Å²) in [7, 11) is 0. The molecule has 1 aromatic heterocycles. The quantitative estimate of drug-likeness (QED) is 0.784. The molecule has 0 spiro atoms. The second-order valence-corrected chi connectivity index (χ2v) is 7.76. The zero-order valence-electron chi connectivity index (χ0n) is 13.7. The summed E-state index contributed by atoms with van der Waals surface area (Å²) in [6.07, 6.45) is -3.09. The molecule has 2 aromatic rings. The van der Waals surface area contributed by atoms with E-state index >= 15 is 0 Å². The van der Waals surface area contributed by atoms with Crippen molar-refractivity contribution in [2.75, 3.05) is 13.1 Å². The van der Waals surface area contributed by atoms with E-state index in [1.807, 2.05) is 30.3 Å². The summed E-state index contributed by atoms with van der Waals surface area (Å²) in [6.45, 7) is 4.15. The number of halogens is 3. The maximum absolute atomic E-state index is 12.8. The van der Waals surface area contributed by atoms with Crippen molar-refractivity contribution in [2.45, 2.75) is 26.9 Å². The van der Waals surface area contributed by atoms with Crippen LogP contribution in [-0.4, -0.2) is 35.1 Å². The number of carbonyl (C=O) groups excluding carboxylic acids is 1. The Morgan fingerprint density at radius 2 is 1.75 bits per heavy atom. The average molecular weight is 356 g/mol. The van der Waals surface area contributed by atoms with Crippen LogP contribution in [-0.2, 0) is 0 Å². The molecule has 0 unspecified atom stereocenters. The third kappa shape index (κ3) is 5.33. The molecule has 0 fully saturated rings. The van der Waals surface area contributed by atoms with Crippen molar-refractivity contribution >= 4 is 17.2 Å². The van der Waals surface area contributed by atoms with Gasteiger partial charge in [0.25, 0.3) is 5.91 Å². The second kappa shape index (κ2) is 6.93. The summed E-state index contributed by atoms with van der Waals surface area (Å²) in [5.41, 5.74) is 0.396. The van der Waals surface area contributed by atoms with Crippen LogP contribution in [0.4, 0.5) is 13.2 Å². The van der Waals surface area contributed by atoms with E-state index in [1.165, 1.54) is 6.20 Å². The highest BCUT2D eigenvalue weighted by Gasteiger charge is 2.35. The lowest BCUT2D eigenvalue weighted by Crippen LogP contribution is -2.43. The van der Waals surface area contributed by atoms with Gasteiger partial charge in [-0.15, -0.1) is 11.3 Å². The summed E-state index contributed by atoms with van der Waals surface area (Å²) < 4.78 is 38.5. The third-order valence-electron chi connectivity index (χ3n) is 3.06. The normalized spacial score (nSPS) is 12.2. The van der Waals surface area contributed by atoms with Crippen LogP contribution in [0.5, 0.6) is 0 Å². The molecule has 1 heterocycles. The molecule has 0 bridgehead atoms. The molecule has 1 amide bonds. The van der Waals surface area contributed by atoms with E-state index in [0.29, 0.717) is 5.01 Å². The second-order valence-electron chi connectivity index (χ2n) is 6.73. The van der Waals surface area contributed by atoms with Crippen molar-refractivity contribution in [2.24, 2.45) is 5.41 Å². The minimum atomic E-state index is -4.44. The van der Waals surface area contributed by atoms with Gasteiger partial charge in [-0.2, -0.15) is 13.2 Å². The van der Waals surface area contributed by atoms with Gasteiger partial charge in [0, 0.05) is 12.1 Å². The van der Waals surface area contributed by atoms with Crippen molar-refractivity contribution in [1.29, 1.82) is 0 Å². The molecule has 0 aliphatic heterocycles. The van der Waals surface area contributed by atoms with Crippen LogP contribution in [0.3, 0.4) is 0 Å². The predicted octanol–water partition coefficient (Wildman–Crippen LogP) is 4.86. The highest BCUT2D eigenvalue weighted by Crippen LogP contribution is 2.28. The van der Waals surface area contributed by atoms with E-state index in [-0.39, 0.29) is 11.4 Å². The van der Waals surface area contributed by atoms with Crippen LogP contribution < -0.4 is 0 Å².